The first kappa shape index (κ1) is 11.5. The second-order valence-corrected chi connectivity index (χ2v) is 6.28. The molecule has 0 saturated heterocycles. The summed E-state index contributed by atoms with van der Waals surface area (Å²) < 4.78 is 8.62. The molecule has 0 amide bonds. The number of nitrogens with zero attached hydrogens (tertiary/aromatic N) is 1. The van der Waals surface area contributed by atoms with Crippen LogP contribution in [0.15, 0.2) is 18.2 Å². The Balaban J connectivity index is 1.90. The van der Waals surface area contributed by atoms with Gasteiger partial charge in [-0.25, -0.2) is 0 Å². The van der Waals surface area contributed by atoms with E-state index in [9.17, 15) is 0 Å². The highest BCUT2D eigenvalue weighted by Gasteiger charge is 2.41. The number of aromatic nitrogens is 2. The first-order valence-electron chi connectivity index (χ1n) is 7.05. The fourth-order valence-corrected chi connectivity index (χ4v) is 4.49. The number of imidazole rings is 1. The molecule has 3 nitrogen and oxygen atoms in total. The maximum Gasteiger partial charge on any atom is 0.178 e. The molecule has 2 bridgehead atoms. The molecule has 3 unspecified atom stereocenters. The second-order valence-electron chi connectivity index (χ2n) is 5.90. The number of aromatic amines is 1. The molecule has 2 saturated carbocycles. The molecule has 2 fully saturated rings. The standard InChI is InChI=1S/C15H18N2OS/c1-18-13-4-2-3-11-14(13)16-15(19)17(11)12-8-9-5-6-10(12)7-9/h2-4,9-10,12H,5-8H2,1H3,(H,16,19). The van der Waals surface area contributed by atoms with E-state index in [-0.39, 0.29) is 0 Å². The SMILES string of the molecule is COc1cccc2c1[nH]c(=S)n2C1CC2CCC1C2. The van der Waals surface area contributed by atoms with Gasteiger partial charge in [0.1, 0.15) is 11.3 Å². The van der Waals surface area contributed by atoms with Gasteiger partial charge in [-0.3, -0.25) is 0 Å². The molecule has 4 rings (SSSR count). The van der Waals surface area contributed by atoms with Crippen LogP contribution in [0.4, 0.5) is 0 Å². The number of hydrogen-bond acceptors (Lipinski definition) is 2. The average molecular weight is 274 g/mol. The maximum atomic E-state index is 5.56. The van der Waals surface area contributed by atoms with Crippen LogP contribution >= 0.6 is 12.2 Å². The minimum absolute atomic E-state index is 0.590. The summed E-state index contributed by atoms with van der Waals surface area (Å²) in [6, 6.07) is 6.77. The predicted molar refractivity (Wildman–Crippen MR) is 78.2 cm³/mol. The molecule has 2 aliphatic rings. The minimum atomic E-state index is 0.590. The van der Waals surface area contributed by atoms with Gasteiger partial charge in [-0.2, -0.15) is 0 Å². The molecule has 4 heteroatoms. The summed E-state index contributed by atoms with van der Waals surface area (Å²) in [6.07, 6.45) is 5.47. The van der Waals surface area contributed by atoms with E-state index >= 15 is 0 Å². The van der Waals surface area contributed by atoms with Crippen LogP contribution in [0.3, 0.4) is 0 Å². The molecule has 1 heterocycles. The van der Waals surface area contributed by atoms with Crippen molar-refractivity contribution in [1.29, 1.82) is 0 Å². The molecule has 1 aromatic heterocycles. The van der Waals surface area contributed by atoms with Gasteiger partial charge >= 0.3 is 0 Å². The van der Waals surface area contributed by atoms with E-state index < -0.39 is 0 Å². The Morgan fingerprint density at radius 2 is 2.21 bits per heavy atom. The Hall–Kier alpha value is -1.29. The smallest absolute Gasteiger partial charge is 0.178 e. The van der Waals surface area contributed by atoms with Crippen molar-refractivity contribution in [3.05, 3.63) is 23.0 Å². The highest BCUT2D eigenvalue weighted by atomic mass is 32.1. The molecule has 2 aliphatic carbocycles. The predicted octanol–water partition coefficient (Wildman–Crippen LogP) is 4.07. The highest BCUT2D eigenvalue weighted by Crippen LogP contribution is 2.51. The Kier molecular flexibility index (Phi) is 2.49. The van der Waals surface area contributed by atoms with E-state index in [0.29, 0.717) is 6.04 Å². The van der Waals surface area contributed by atoms with E-state index in [1.807, 2.05) is 12.1 Å². The topological polar surface area (TPSA) is 29.9 Å². The van der Waals surface area contributed by atoms with Crippen molar-refractivity contribution in [3.63, 3.8) is 0 Å². The number of benzene rings is 1. The van der Waals surface area contributed by atoms with Gasteiger partial charge in [0.05, 0.1) is 12.6 Å². The van der Waals surface area contributed by atoms with E-state index in [4.69, 9.17) is 17.0 Å². The molecule has 100 valence electrons. The number of nitrogens with one attached hydrogen (secondary N) is 1. The summed E-state index contributed by atoms with van der Waals surface area (Å²) in [5, 5.41) is 0. The van der Waals surface area contributed by atoms with Crippen LogP contribution in [0.25, 0.3) is 11.0 Å². The van der Waals surface area contributed by atoms with Gasteiger partial charge in [-0.05, 0) is 55.4 Å². The number of methoxy groups -OCH3 is 1. The highest BCUT2D eigenvalue weighted by molar-refractivity contribution is 7.71. The normalized spacial score (nSPS) is 29.2. The zero-order valence-corrected chi connectivity index (χ0v) is 11.9. The Morgan fingerprint density at radius 3 is 2.89 bits per heavy atom. The number of hydrogen-bond donors (Lipinski definition) is 1. The Morgan fingerprint density at radius 1 is 1.32 bits per heavy atom. The van der Waals surface area contributed by atoms with E-state index in [0.717, 1.165) is 27.9 Å². The van der Waals surface area contributed by atoms with Crippen LogP contribution in [-0.2, 0) is 0 Å². The lowest BCUT2D eigenvalue weighted by Crippen LogP contribution is -2.16. The number of ether oxygens (including phenoxy) is 1. The zero-order valence-electron chi connectivity index (χ0n) is 11.1. The van der Waals surface area contributed by atoms with Crippen LogP contribution in [0, 0.1) is 16.6 Å². The van der Waals surface area contributed by atoms with Crippen molar-refractivity contribution >= 4 is 23.3 Å². The molecular weight excluding hydrogens is 256 g/mol. The van der Waals surface area contributed by atoms with E-state index in [1.54, 1.807) is 7.11 Å². The van der Waals surface area contributed by atoms with Crippen molar-refractivity contribution < 1.29 is 4.74 Å². The van der Waals surface area contributed by atoms with Gasteiger partial charge in [0.2, 0.25) is 0 Å². The number of fused-ring (bicyclic) bond motifs is 3. The van der Waals surface area contributed by atoms with Crippen molar-refractivity contribution in [2.45, 2.75) is 31.7 Å². The lowest BCUT2D eigenvalue weighted by molar-refractivity contribution is 0.333. The fraction of sp³-hybridized carbons (Fsp3) is 0.533. The first-order chi connectivity index (χ1) is 9.28. The summed E-state index contributed by atoms with van der Waals surface area (Å²) >= 11 is 5.56. The van der Waals surface area contributed by atoms with Crippen LogP contribution < -0.4 is 4.74 Å². The third-order valence-corrected chi connectivity index (χ3v) is 5.27. The lowest BCUT2D eigenvalue weighted by Gasteiger charge is -2.23. The first-order valence-corrected chi connectivity index (χ1v) is 7.46. The summed E-state index contributed by atoms with van der Waals surface area (Å²) in [4.78, 5) is 3.34. The molecule has 2 aromatic rings. The molecule has 0 spiro atoms. The summed E-state index contributed by atoms with van der Waals surface area (Å²) in [6.45, 7) is 0. The van der Waals surface area contributed by atoms with Crippen molar-refractivity contribution in [3.8, 4) is 5.75 Å². The summed E-state index contributed by atoms with van der Waals surface area (Å²) in [5.41, 5.74) is 2.24. The number of rotatable bonds is 2. The summed E-state index contributed by atoms with van der Waals surface area (Å²) in [5.74, 6) is 2.62. The molecule has 19 heavy (non-hydrogen) atoms. The van der Waals surface area contributed by atoms with Gasteiger partial charge in [0.15, 0.2) is 4.77 Å². The van der Waals surface area contributed by atoms with Crippen LogP contribution in [0.2, 0.25) is 0 Å². The lowest BCUT2D eigenvalue weighted by atomic mass is 9.95. The number of H-pyrrole nitrogens is 1. The van der Waals surface area contributed by atoms with Gasteiger partial charge < -0.3 is 14.3 Å². The van der Waals surface area contributed by atoms with E-state index in [1.165, 1.54) is 31.2 Å². The van der Waals surface area contributed by atoms with Gasteiger partial charge in [0, 0.05) is 6.04 Å². The Bertz CT molecular complexity index is 687. The summed E-state index contributed by atoms with van der Waals surface area (Å²) in [7, 11) is 1.71. The second kappa shape index (κ2) is 4.10. The van der Waals surface area contributed by atoms with Gasteiger partial charge in [-0.1, -0.05) is 12.5 Å². The molecule has 3 atom stereocenters. The monoisotopic (exact) mass is 274 g/mol. The minimum Gasteiger partial charge on any atom is -0.494 e. The largest absolute Gasteiger partial charge is 0.494 e. The molecule has 1 N–H and O–H groups in total. The average Bonchev–Trinajstić information content (AvgIpc) is 3.09. The molecule has 0 aliphatic heterocycles. The van der Waals surface area contributed by atoms with Gasteiger partial charge in [-0.15, -0.1) is 0 Å². The van der Waals surface area contributed by atoms with Crippen LogP contribution in [0.1, 0.15) is 31.7 Å². The quantitative estimate of drug-likeness (QED) is 0.837. The van der Waals surface area contributed by atoms with Gasteiger partial charge in [0.25, 0.3) is 0 Å². The fourth-order valence-electron chi connectivity index (χ4n) is 4.15. The van der Waals surface area contributed by atoms with Crippen molar-refractivity contribution in [1.82, 2.24) is 9.55 Å². The van der Waals surface area contributed by atoms with Crippen molar-refractivity contribution in [2.75, 3.05) is 7.11 Å². The van der Waals surface area contributed by atoms with E-state index in [2.05, 4.69) is 15.6 Å². The zero-order chi connectivity index (χ0) is 13.0. The van der Waals surface area contributed by atoms with Crippen molar-refractivity contribution in [2.24, 2.45) is 11.8 Å². The maximum absolute atomic E-state index is 5.56. The number of para-hydroxylation sites is 1. The van der Waals surface area contributed by atoms with Crippen LogP contribution in [0.5, 0.6) is 5.75 Å². The third kappa shape index (κ3) is 1.59. The van der Waals surface area contributed by atoms with Crippen LogP contribution in [-0.4, -0.2) is 16.7 Å². The third-order valence-electron chi connectivity index (χ3n) is 4.97. The molecular formula is C15H18N2OS. The molecule has 1 aromatic carbocycles. The molecule has 0 radical (unpaired) electrons. The Labute approximate surface area is 117 Å².